The molecule has 0 aromatic carbocycles. The maximum atomic E-state index is 11.7. The third-order valence-electron chi connectivity index (χ3n) is 2.68. The standard InChI is InChI=1S/C13H19NO3S/c1-9-4-5-18-10(9)8-14-11(15)6-13(2,3)7-12(16)17/h4-5H,6-8H2,1-3H3,(H,14,15)(H,16,17). The summed E-state index contributed by atoms with van der Waals surface area (Å²) in [5, 5.41) is 13.6. The van der Waals surface area contributed by atoms with Gasteiger partial charge in [0.05, 0.1) is 13.0 Å². The highest BCUT2D eigenvalue weighted by molar-refractivity contribution is 7.10. The summed E-state index contributed by atoms with van der Waals surface area (Å²) in [4.78, 5) is 23.5. The Labute approximate surface area is 111 Å². The lowest BCUT2D eigenvalue weighted by atomic mass is 9.85. The van der Waals surface area contributed by atoms with Gasteiger partial charge in [-0.1, -0.05) is 13.8 Å². The van der Waals surface area contributed by atoms with Crippen molar-refractivity contribution in [3.05, 3.63) is 21.9 Å². The SMILES string of the molecule is Cc1ccsc1CNC(=O)CC(C)(C)CC(=O)O. The molecule has 0 fully saturated rings. The highest BCUT2D eigenvalue weighted by Gasteiger charge is 2.25. The van der Waals surface area contributed by atoms with E-state index in [0.29, 0.717) is 6.54 Å². The molecule has 0 aliphatic heterocycles. The number of amides is 1. The molecule has 1 heterocycles. The topological polar surface area (TPSA) is 66.4 Å². The summed E-state index contributed by atoms with van der Waals surface area (Å²) in [6.07, 6.45) is 0.224. The van der Waals surface area contributed by atoms with Crippen LogP contribution >= 0.6 is 11.3 Å². The molecule has 1 aromatic rings. The third kappa shape index (κ3) is 4.87. The van der Waals surface area contributed by atoms with Crippen molar-refractivity contribution in [1.82, 2.24) is 5.32 Å². The van der Waals surface area contributed by atoms with Crippen molar-refractivity contribution < 1.29 is 14.7 Å². The second kappa shape index (κ2) is 6.00. The lowest BCUT2D eigenvalue weighted by Crippen LogP contribution is -2.29. The van der Waals surface area contributed by atoms with E-state index in [-0.39, 0.29) is 18.7 Å². The van der Waals surface area contributed by atoms with Crippen LogP contribution in [-0.4, -0.2) is 17.0 Å². The molecular formula is C13H19NO3S. The molecule has 2 N–H and O–H groups in total. The molecule has 0 unspecified atom stereocenters. The molecule has 5 heteroatoms. The van der Waals surface area contributed by atoms with Gasteiger partial charge in [0, 0.05) is 11.3 Å². The van der Waals surface area contributed by atoms with Crippen LogP contribution in [0.5, 0.6) is 0 Å². The summed E-state index contributed by atoms with van der Waals surface area (Å²) in [7, 11) is 0. The summed E-state index contributed by atoms with van der Waals surface area (Å²) in [5.74, 6) is -0.976. The maximum absolute atomic E-state index is 11.7. The minimum Gasteiger partial charge on any atom is -0.481 e. The van der Waals surface area contributed by atoms with Crippen molar-refractivity contribution in [1.29, 1.82) is 0 Å². The number of hydrogen-bond donors (Lipinski definition) is 2. The van der Waals surface area contributed by atoms with Crippen molar-refractivity contribution in [2.75, 3.05) is 0 Å². The fraction of sp³-hybridized carbons (Fsp3) is 0.538. The Morgan fingerprint density at radius 1 is 1.39 bits per heavy atom. The molecule has 0 aliphatic rings. The van der Waals surface area contributed by atoms with Crippen molar-refractivity contribution in [3.8, 4) is 0 Å². The number of carbonyl (C=O) groups is 2. The lowest BCUT2D eigenvalue weighted by molar-refractivity contribution is -0.139. The van der Waals surface area contributed by atoms with Crippen LogP contribution < -0.4 is 5.32 Å². The molecule has 18 heavy (non-hydrogen) atoms. The monoisotopic (exact) mass is 269 g/mol. The predicted molar refractivity (Wildman–Crippen MR) is 71.6 cm³/mol. The molecule has 0 radical (unpaired) electrons. The van der Waals surface area contributed by atoms with Crippen LogP contribution in [0.15, 0.2) is 11.4 Å². The number of aryl methyl sites for hydroxylation is 1. The average molecular weight is 269 g/mol. The first-order valence-corrected chi connectivity index (χ1v) is 6.69. The molecule has 100 valence electrons. The summed E-state index contributed by atoms with van der Waals surface area (Å²) in [6.45, 7) is 6.10. The van der Waals surface area contributed by atoms with E-state index in [0.717, 1.165) is 4.88 Å². The number of carbonyl (C=O) groups excluding carboxylic acids is 1. The molecule has 1 rings (SSSR count). The molecule has 4 nitrogen and oxygen atoms in total. The van der Waals surface area contributed by atoms with Crippen LogP contribution in [0.2, 0.25) is 0 Å². The molecule has 0 atom stereocenters. The van der Waals surface area contributed by atoms with Gasteiger partial charge in [0.25, 0.3) is 0 Å². The molecule has 0 aliphatic carbocycles. The van der Waals surface area contributed by atoms with E-state index >= 15 is 0 Å². The van der Waals surface area contributed by atoms with E-state index in [1.165, 1.54) is 5.56 Å². The predicted octanol–water partition coefficient (Wildman–Crippen LogP) is 2.56. The first kappa shape index (κ1) is 14.7. The van der Waals surface area contributed by atoms with Gasteiger partial charge in [0.1, 0.15) is 0 Å². The normalized spacial score (nSPS) is 11.3. The number of aliphatic carboxylic acids is 1. The number of hydrogen-bond acceptors (Lipinski definition) is 3. The Morgan fingerprint density at radius 3 is 2.56 bits per heavy atom. The van der Waals surface area contributed by atoms with Crippen LogP contribution in [0, 0.1) is 12.3 Å². The molecule has 0 saturated carbocycles. The van der Waals surface area contributed by atoms with E-state index < -0.39 is 11.4 Å². The van der Waals surface area contributed by atoms with Gasteiger partial charge in [-0.2, -0.15) is 0 Å². The van der Waals surface area contributed by atoms with Crippen LogP contribution in [0.1, 0.15) is 37.1 Å². The summed E-state index contributed by atoms with van der Waals surface area (Å²) in [5.41, 5.74) is 0.658. The zero-order valence-corrected chi connectivity index (χ0v) is 11.8. The minimum absolute atomic E-state index is 0.00154. The number of thiophene rings is 1. The first-order valence-electron chi connectivity index (χ1n) is 5.82. The summed E-state index contributed by atoms with van der Waals surface area (Å²) >= 11 is 1.61. The van der Waals surface area contributed by atoms with Gasteiger partial charge in [0.2, 0.25) is 5.91 Å². The Kier molecular flexibility index (Phi) is 4.90. The van der Waals surface area contributed by atoms with Crippen molar-refractivity contribution in [2.45, 2.75) is 40.2 Å². The number of carboxylic acid groups (broad SMARTS) is 1. The van der Waals surface area contributed by atoms with Crippen LogP contribution in [0.4, 0.5) is 0 Å². The smallest absolute Gasteiger partial charge is 0.303 e. The lowest BCUT2D eigenvalue weighted by Gasteiger charge is -2.21. The highest BCUT2D eigenvalue weighted by Crippen LogP contribution is 2.25. The average Bonchev–Trinajstić information content (AvgIpc) is 2.58. The largest absolute Gasteiger partial charge is 0.481 e. The maximum Gasteiger partial charge on any atom is 0.303 e. The molecule has 0 bridgehead atoms. The first-order chi connectivity index (χ1) is 8.30. The molecule has 0 spiro atoms. The van der Waals surface area contributed by atoms with Crippen molar-refractivity contribution in [3.63, 3.8) is 0 Å². The van der Waals surface area contributed by atoms with E-state index in [1.54, 1.807) is 25.2 Å². The van der Waals surface area contributed by atoms with E-state index in [1.807, 2.05) is 18.4 Å². The van der Waals surface area contributed by atoms with Gasteiger partial charge < -0.3 is 10.4 Å². The van der Waals surface area contributed by atoms with Gasteiger partial charge in [0.15, 0.2) is 0 Å². The Hall–Kier alpha value is -1.36. The Bertz CT molecular complexity index is 437. The van der Waals surface area contributed by atoms with Gasteiger partial charge >= 0.3 is 5.97 Å². The van der Waals surface area contributed by atoms with E-state index in [4.69, 9.17) is 5.11 Å². The summed E-state index contributed by atoms with van der Waals surface area (Å²) in [6, 6.07) is 2.01. The zero-order chi connectivity index (χ0) is 13.8. The third-order valence-corrected chi connectivity index (χ3v) is 3.71. The molecular weight excluding hydrogens is 250 g/mol. The number of rotatable bonds is 6. The van der Waals surface area contributed by atoms with Gasteiger partial charge in [-0.3, -0.25) is 9.59 Å². The van der Waals surface area contributed by atoms with E-state index in [9.17, 15) is 9.59 Å². The quantitative estimate of drug-likeness (QED) is 0.834. The van der Waals surface area contributed by atoms with E-state index in [2.05, 4.69) is 5.32 Å². The van der Waals surface area contributed by atoms with Crippen molar-refractivity contribution >= 4 is 23.2 Å². The second-order valence-electron chi connectivity index (χ2n) is 5.22. The molecule has 1 aromatic heterocycles. The van der Waals surface area contributed by atoms with Gasteiger partial charge in [-0.25, -0.2) is 0 Å². The van der Waals surface area contributed by atoms with Crippen LogP contribution in [-0.2, 0) is 16.1 Å². The van der Waals surface area contributed by atoms with Crippen LogP contribution in [0.3, 0.4) is 0 Å². The Balaban J connectivity index is 2.42. The van der Waals surface area contributed by atoms with Gasteiger partial charge in [-0.15, -0.1) is 11.3 Å². The minimum atomic E-state index is -0.873. The fourth-order valence-corrected chi connectivity index (χ4v) is 2.58. The number of carboxylic acids is 1. The zero-order valence-electron chi connectivity index (χ0n) is 10.9. The number of nitrogens with one attached hydrogen (secondary N) is 1. The van der Waals surface area contributed by atoms with Crippen molar-refractivity contribution in [2.24, 2.45) is 5.41 Å². The second-order valence-corrected chi connectivity index (χ2v) is 6.22. The Morgan fingerprint density at radius 2 is 2.06 bits per heavy atom. The fourth-order valence-electron chi connectivity index (χ4n) is 1.73. The highest BCUT2D eigenvalue weighted by atomic mass is 32.1. The van der Waals surface area contributed by atoms with Gasteiger partial charge in [-0.05, 0) is 29.3 Å². The summed E-state index contributed by atoms with van der Waals surface area (Å²) < 4.78 is 0. The van der Waals surface area contributed by atoms with Crippen LogP contribution in [0.25, 0.3) is 0 Å². The molecule has 0 saturated heterocycles. The molecule has 1 amide bonds.